The number of nitrogens with zero attached hydrogens (tertiary/aromatic N) is 2. The number of hydrogen-bond acceptors (Lipinski definition) is 3. The molecule has 5 nitrogen and oxygen atoms in total. The van der Waals surface area contributed by atoms with E-state index in [4.69, 9.17) is 4.74 Å². The quantitative estimate of drug-likeness (QED) is 0.915. The fourth-order valence-electron chi connectivity index (χ4n) is 3.66. The van der Waals surface area contributed by atoms with Gasteiger partial charge in [-0.3, -0.25) is 9.69 Å². The Balaban J connectivity index is 1.40. The maximum absolute atomic E-state index is 12.5. The number of rotatable bonds is 3. The Morgan fingerprint density at radius 1 is 1.33 bits per heavy atom. The second-order valence-corrected chi connectivity index (χ2v) is 6.69. The van der Waals surface area contributed by atoms with E-state index in [1.54, 1.807) is 0 Å². The van der Waals surface area contributed by atoms with Crippen molar-refractivity contribution in [2.75, 3.05) is 19.7 Å². The molecule has 0 radical (unpaired) electrons. The normalized spacial score (nSPS) is 32.9. The van der Waals surface area contributed by atoms with E-state index in [0.717, 1.165) is 31.8 Å². The summed E-state index contributed by atoms with van der Waals surface area (Å²) in [6.07, 6.45) is 5.73. The number of ether oxygens (including phenoxy) is 1. The van der Waals surface area contributed by atoms with Gasteiger partial charge in [-0.25, -0.2) is 0 Å². The van der Waals surface area contributed by atoms with Crippen LogP contribution < -0.4 is 5.32 Å². The molecular weight excluding hydrogens is 266 g/mol. The minimum atomic E-state index is 0.0747. The third kappa shape index (κ3) is 2.60. The van der Waals surface area contributed by atoms with E-state index in [1.165, 1.54) is 12.8 Å². The van der Waals surface area contributed by atoms with Gasteiger partial charge in [0.15, 0.2) is 0 Å². The van der Waals surface area contributed by atoms with Crippen molar-refractivity contribution in [2.45, 2.75) is 50.4 Å². The summed E-state index contributed by atoms with van der Waals surface area (Å²) >= 11 is 0. The van der Waals surface area contributed by atoms with Crippen molar-refractivity contribution in [3.63, 3.8) is 0 Å². The van der Waals surface area contributed by atoms with Crippen LogP contribution in [0.1, 0.15) is 42.7 Å². The van der Waals surface area contributed by atoms with Gasteiger partial charge < -0.3 is 14.6 Å². The predicted molar refractivity (Wildman–Crippen MR) is 79.3 cm³/mol. The van der Waals surface area contributed by atoms with Gasteiger partial charge in [0.1, 0.15) is 5.69 Å². The van der Waals surface area contributed by atoms with Crippen LogP contribution in [0.2, 0.25) is 0 Å². The van der Waals surface area contributed by atoms with Gasteiger partial charge >= 0.3 is 0 Å². The topological polar surface area (TPSA) is 46.5 Å². The molecular formula is C16H23N3O2. The maximum Gasteiger partial charge on any atom is 0.268 e. The first-order valence-electron chi connectivity index (χ1n) is 8.04. The molecule has 2 aliphatic heterocycles. The van der Waals surface area contributed by atoms with Gasteiger partial charge in [-0.05, 0) is 38.3 Å². The Kier molecular flexibility index (Phi) is 3.27. The number of morpholine rings is 1. The Morgan fingerprint density at radius 3 is 3.00 bits per heavy atom. The Morgan fingerprint density at radius 2 is 2.19 bits per heavy atom. The molecule has 3 atom stereocenters. The fraction of sp³-hybridized carbons (Fsp3) is 0.688. The van der Waals surface area contributed by atoms with Crippen molar-refractivity contribution in [1.82, 2.24) is 14.8 Å². The number of carbonyl (C=O) groups excluding carboxylic acids is 1. The lowest BCUT2D eigenvalue weighted by molar-refractivity contribution is -0.0390. The van der Waals surface area contributed by atoms with Crippen LogP contribution >= 0.6 is 0 Å². The van der Waals surface area contributed by atoms with Crippen molar-refractivity contribution in [3.8, 4) is 0 Å². The standard InChI is InChI=1S/C16H23N3O2/c1-11-8-18-9-12(7-14(18)10-21-11)17-16(20)15-3-2-6-19(15)13-4-5-13/h2-3,6,11-14H,4-5,7-10H2,1H3,(H,17,20)/t11-,12+,14-/m0/s1. The summed E-state index contributed by atoms with van der Waals surface area (Å²) in [5, 5.41) is 3.22. The number of nitrogens with one attached hydrogen (secondary N) is 1. The predicted octanol–water partition coefficient (Wildman–Crippen LogP) is 1.41. The molecule has 2 saturated heterocycles. The molecule has 21 heavy (non-hydrogen) atoms. The molecule has 5 heteroatoms. The smallest absolute Gasteiger partial charge is 0.268 e. The monoisotopic (exact) mass is 289 g/mol. The first-order valence-corrected chi connectivity index (χ1v) is 8.04. The van der Waals surface area contributed by atoms with Crippen LogP contribution in [0.4, 0.5) is 0 Å². The first kappa shape index (κ1) is 13.3. The van der Waals surface area contributed by atoms with E-state index in [0.29, 0.717) is 18.2 Å². The zero-order chi connectivity index (χ0) is 14.4. The lowest BCUT2D eigenvalue weighted by Crippen LogP contribution is -2.45. The Bertz CT molecular complexity index is 537. The number of aromatic nitrogens is 1. The van der Waals surface area contributed by atoms with Gasteiger partial charge in [0.25, 0.3) is 5.91 Å². The largest absolute Gasteiger partial charge is 0.376 e. The average Bonchev–Trinajstić information content (AvgIpc) is 3.04. The third-order valence-electron chi connectivity index (χ3n) is 4.88. The molecule has 1 aliphatic carbocycles. The van der Waals surface area contributed by atoms with Gasteiger partial charge in [-0.2, -0.15) is 0 Å². The van der Waals surface area contributed by atoms with Crippen molar-refractivity contribution >= 4 is 5.91 Å². The summed E-state index contributed by atoms with van der Waals surface area (Å²) in [5.41, 5.74) is 0.812. The molecule has 0 unspecified atom stereocenters. The highest BCUT2D eigenvalue weighted by atomic mass is 16.5. The molecule has 1 amide bonds. The highest BCUT2D eigenvalue weighted by molar-refractivity contribution is 5.93. The van der Waals surface area contributed by atoms with Gasteiger partial charge in [-0.15, -0.1) is 0 Å². The molecule has 3 heterocycles. The summed E-state index contributed by atoms with van der Waals surface area (Å²) in [6, 6.07) is 5.17. The van der Waals surface area contributed by atoms with Crippen LogP contribution in [0, 0.1) is 0 Å². The van der Waals surface area contributed by atoms with Crippen molar-refractivity contribution in [2.24, 2.45) is 0 Å². The van der Waals surface area contributed by atoms with Gasteiger partial charge in [-0.1, -0.05) is 0 Å². The van der Waals surface area contributed by atoms with Crippen LogP contribution in [0.5, 0.6) is 0 Å². The lowest BCUT2D eigenvalue weighted by atomic mass is 10.1. The zero-order valence-corrected chi connectivity index (χ0v) is 12.5. The van der Waals surface area contributed by atoms with Gasteiger partial charge in [0, 0.05) is 37.4 Å². The van der Waals surface area contributed by atoms with Crippen LogP contribution in [-0.2, 0) is 4.74 Å². The van der Waals surface area contributed by atoms with Crippen LogP contribution in [0.25, 0.3) is 0 Å². The molecule has 3 aliphatic rings. The van der Waals surface area contributed by atoms with Crippen molar-refractivity contribution < 1.29 is 9.53 Å². The van der Waals surface area contributed by atoms with Gasteiger partial charge in [0.2, 0.25) is 0 Å². The number of carbonyl (C=O) groups is 1. The Labute approximate surface area is 125 Å². The lowest BCUT2D eigenvalue weighted by Gasteiger charge is -2.33. The van der Waals surface area contributed by atoms with E-state index in [2.05, 4.69) is 21.7 Å². The van der Waals surface area contributed by atoms with Gasteiger partial charge in [0.05, 0.1) is 12.7 Å². The SMILES string of the molecule is C[C@H]1CN2C[C@H](NC(=O)c3cccn3C3CC3)C[C@H]2CO1. The van der Waals surface area contributed by atoms with E-state index < -0.39 is 0 Å². The highest BCUT2D eigenvalue weighted by Crippen LogP contribution is 2.36. The first-order chi connectivity index (χ1) is 10.2. The molecule has 0 aromatic carbocycles. The molecule has 1 aromatic heterocycles. The summed E-state index contributed by atoms with van der Waals surface area (Å²) in [6.45, 7) is 4.85. The maximum atomic E-state index is 12.5. The van der Waals surface area contributed by atoms with Crippen LogP contribution in [0.3, 0.4) is 0 Å². The molecule has 3 fully saturated rings. The number of amides is 1. The Hall–Kier alpha value is -1.33. The summed E-state index contributed by atoms with van der Waals surface area (Å²) in [7, 11) is 0. The third-order valence-corrected chi connectivity index (χ3v) is 4.88. The minimum Gasteiger partial charge on any atom is -0.376 e. The van der Waals surface area contributed by atoms with E-state index in [-0.39, 0.29) is 11.9 Å². The molecule has 0 spiro atoms. The number of fused-ring (bicyclic) bond motifs is 1. The molecule has 4 rings (SSSR count). The van der Waals surface area contributed by atoms with Crippen molar-refractivity contribution in [3.05, 3.63) is 24.0 Å². The van der Waals surface area contributed by atoms with Crippen LogP contribution in [0.15, 0.2) is 18.3 Å². The second-order valence-electron chi connectivity index (χ2n) is 6.69. The summed E-state index contributed by atoms with van der Waals surface area (Å²) in [4.78, 5) is 15.0. The zero-order valence-electron chi connectivity index (χ0n) is 12.5. The molecule has 1 saturated carbocycles. The molecule has 1 N–H and O–H groups in total. The number of hydrogen-bond donors (Lipinski definition) is 1. The fourth-order valence-corrected chi connectivity index (χ4v) is 3.66. The second kappa shape index (κ2) is 5.14. The van der Waals surface area contributed by atoms with Crippen LogP contribution in [-0.4, -0.2) is 53.3 Å². The van der Waals surface area contributed by atoms with Crippen molar-refractivity contribution in [1.29, 1.82) is 0 Å². The summed E-state index contributed by atoms with van der Waals surface area (Å²) in [5.74, 6) is 0.0747. The molecule has 0 bridgehead atoms. The highest BCUT2D eigenvalue weighted by Gasteiger charge is 2.37. The minimum absolute atomic E-state index is 0.0747. The van der Waals surface area contributed by atoms with E-state index in [1.807, 2.05) is 18.3 Å². The summed E-state index contributed by atoms with van der Waals surface area (Å²) < 4.78 is 7.85. The van der Waals surface area contributed by atoms with E-state index in [9.17, 15) is 4.79 Å². The average molecular weight is 289 g/mol. The van der Waals surface area contributed by atoms with E-state index >= 15 is 0 Å². The molecule has 114 valence electrons. The molecule has 1 aromatic rings.